The molecule has 0 aromatic heterocycles. The first kappa shape index (κ1) is 11.0. The molecular formula is C10H16O2. The lowest BCUT2D eigenvalue weighted by molar-refractivity contribution is -0.132. The van der Waals surface area contributed by atoms with Gasteiger partial charge in [-0.1, -0.05) is 32.1 Å². The Kier molecular flexibility index (Phi) is 4.34. The molecule has 0 rings (SSSR count). The Labute approximate surface area is 73.6 Å². The van der Waals surface area contributed by atoms with Crippen LogP contribution in [0, 0.1) is 5.92 Å². The number of carboxylic acids is 1. The zero-order valence-corrected chi connectivity index (χ0v) is 7.92. The lowest BCUT2D eigenvalue weighted by Gasteiger charge is -2.05. The van der Waals surface area contributed by atoms with E-state index < -0.39 is 5.97 Å². The van der Waals surface area contributed by atoms with Gasteiger partial charge in [0.2, 0.25) is 0 Å². The van der Waals surface area contributed by atoms with Crippen molar-refractivity contribution in [3.05, 3.63) is 23.8 Å². The van der Waals surface area contributed by atoms with Crippen LogP contribution in [-0.4, -0.2) is 11.1 Å². The predicted octanol–water partition coefficient (Wildman–Crippen LogP) is 2.62. The van der Waals surface area contributed by atoms with Crippen LogP contribution >= 0.6 is 0 Å². The van der Waals surface area contributed by atoms with Gasteiger partial charge in [-0.3, -0.25) is 0 Å². The highest BCUT2D eigenvalue weighted by Gasteiger charge is 2.01. The molecule has 0 aliphatic carbocycles. The van der Waals surface area contributed by atoms with Gasteiger partial charge < -0.3 is 5.11 Å². The topological polar surface area (TPSA) is 37.3 Å². The second-order valence-electron chi connectivity index (χ2n) is 3.21. The lowest BCUT2D eigenvalue weighted by atomic mass is 10.0. The number of carboxylic acid groups (broad SMARTS) is 1. The van der Waals surface area contributed by atoms with E-state index in [9.17, 15) is 4.79 Å². The maximum Gasteiger partial charge on any atom is 0.330 e. The van der Waals surface area contributed by atoms with Crippen LogP contribution < -0.4 is 0 Å². The molecule has 0 heterocycles. The highest BCUT2D eigenvalue weighted by molar-refractivity contribution is 5.85. The molecule has 0 aliphatic rings. The summed E-state index contributed by atoms with van der Waals surface area (Å²) in [5.74, 6) is -0.436. The molecule has 0 fully saturated rings. The average Bonchev–Trinajstić information content (AvgIpc) is 1.98. The van der Waals surface area contributed by atoms with E-state index in [0.29, 0.717) is 17.9 Å². The molecule has 2 nitrogen and oxygen atoms in total. The number of hydrogen-bond acceptors (Lipinski definition) is 1. The number of aliphatic carboxylic acids is 1. The van der Waals surface area contributed by atoms with Gasteiger partial charge in [0.05, 0.1) is 0 Å². The lowest BCUT2D eigenvalue weighted by Crippen LogP contribution is -1.97. The number of hydrogen-bond donors (Lipinski definition) is 1. The van der Waals surface area contributed by atoms with Gasteiger partial charge in [-0.2, -0.15) is 0 Å². The van der Waals surface area contributed by atoms with E-state index in [2.05, 4.69) is 6.58 Å². The Morgan fingerprint density at radius 2 is 2.08 bits per heavy atom. The average molecular weight is 168 g/mol. The van der Waals surface area contributed by atoms with Crippen molar-refractivity contribution >= 4 is 5.97 Å². The van der Waals surface area contributed by atoms with Crippen molar-refractivity contribution < 1.29 is 9.90 Å². The van der Waals surface area contributed by atoms with Gasteiger partial charge in [0.25, 0.3) is 0 Å². The molecule has 12 heavy (non-hydrogen) atoms. The molecule has 2 heteroatoms. The largest absolute Gasteiger partial charge is 0.478 e. The highest BCUT2D eigenvalue weighted by atomic mass is 16.4. The molecular weight excluding hydrogens is 152 g/mol. The van der Waals surface area contributed by atoms with E-state index >= 15 is 0 Å². The minimum atomic E-state index is -0.855. The predicted molar refractivity (Wildman–Crippen MR) is 50.0 cm³/mol. The van der Waals surface area contributed by atoms with E-state index in [4.69, 9.17) is 5.11 Å². The van der Waals surface area contributed by atoms with Gasteiger partial charge in [-0.05, 0) is 19.3 Å². The SMILES string of the molecule is C=C(C/C=C(/C)C(=O)O)C(C)C. The van der Waals surface area contributed by atoms with Crippen LogP contribution in [0.1, 0.15) is 27.2 Å². The van der Waals surface area contributed by atoms with E-state index in [1.54, 1.807) is 13.0 Å². The molecule has 1 N–H and O–H groups in total. The number of allylic oxidation sites excluding steroid dienone is 2. The molecule has 0 aromatic carbocycles. The Balaban J connectivity index is 4.05. The fourth-order valence-electron chi connectivity index (χ4n) is 0.607. The van der Waals surface area contributed by atoms with Gasteiger partial charge in [0.15, 0.2) is 0 Å². The first-order chi connectivity index (χ1) is 5.45. The minimum Gasteiger partial charge on any atom is -0.478 e. The van der Waals surface area contributed by atoms with Gasteiger partial charge in [-0.25, -0.2) is 4.79 Å². The summed E-state index contributed by atoms with van der Waals surface area (Å²) in [5.41, 5.74) is 1.45. The zero-order valence-electron chi connectivity index (χ0n) is 7.92. The van der Waals surface area contributed by atoms with Crippen LogP contribution in [0.25, 0.3) is 0 Å². The van der Waals surface area contributed by atoms with E-state index in [1.165, 1.54) is 0 Å². The Morgan fingerprint density at radius 1 is 1.58 bits per heavy atom. The van der Waals surface area contributed by atoms with Crippen molar-refractivity contribution in [3.8, 4) is 0 Å². The summed E-state index contributed by atoms with van der Waals surface area (Å²) in [5, 5.41) is 8.54. The maximum atomic E-state index is 10.4. The van der Waals surface area contributed by atoms with Crippen LogP contribution in [-0.2, 0) is 4.79 Å². The van der Waals surface area contributed by atoms with Crippen LogP contribution in [0.15, 0.2) is 23.8 Å². The van der Waals surface area contributed by atoms with Gasteiger partial charge >= 0.3 is 5.97 Å². The monoisotopic (exact) mass is 168 g/mol. The maximum absolute atomic E-state index is 10.4. The quantitative estimate of drug-likeness (QED) is 0.517. The van der Waals surface area contributed by atoms with Crippen LogP contribution in [0.5, 0.6) is 0 Å². The summed E-state index contributed by atoms with van der Waals surface area (Å²) < 4.78 is 0. The summed E-state index contributed by atoms with van der Waals surface area (Å²) in [6, 6.07) is 0. The van der Waals surface area contributed by atoms with Gasteiger partial charge in [0, 0.05) is 5.57 Å². The second-order valence-corrected chi connectivity index (χ2v) is 3.21. The summed E-state index contributed by atoms with van der Waals surface area (Å²) in [7, 11) is 0. The van der Waals surface area contributed by atoms with Crippen molar-refractivity contribution in [2.45, 2.75) is 27.2 Å². The van der Waals surface area contributed by atoms with Gasteiger partial charge in [0.1, 0.15) is 0 Å². The molecule has 0 bridgehead atoms. The smallest absolute Gasteiger partial charge is 0.330 e. The van der Waals surface area contributed by atoms with E-state index in [1.807, 2.05) is 13.8 Å². The van der Waals surface area contributed by atoms with Crippen LogP contribution in [0.2, 0.25) is 0 Å². The van der Waals surface area contributed by atoms with Crippen molar-refractivity contribution in [3.63, 3.8) is 0 Å². The Hall–Kier alpha value is -1.05. The van der Waals surface area contributed by atoms with E-state index in [-0.39, 0.29) is 0 Å². The fourth-order valence-corrected chi connectivity index (χ4v) is 0.607. The molecule has 0 unspecified atom stereocenters. The number of carbonyl (C=O) groups is 1. The van der Waals surface area contributed by atoms with Crippen LogP contribution in [0.4, 0.5) is 0 Å². The summed E-state index contributed by atoms with van der Waals surface area (Å²) in [4.78, 5) is 10.4. The van der Waals surface area contributed by atoms with Crippen LogP contribution in [0.3, 0.4) is 0 Å². The molecule has 0 atom stereocenters. The third-order valence-corrected chi connectivity index (χ3v) is 1.82. The van der Waals surface area contributed by atoms with Gasteiger partial charge in [-0.15, -0.1) is 0 Å². The molecule has 0 saturated carbocycles. The Bertz CT molecular complexity index is 212. The fraction of sp³-hybridized carbons (Fsp3) is 0.500. The molecule has 0 radical (unpaired) electrons. The number of rotatable bonds is 4. The normalized spacial score (nSPS) is 11.8. The molecule has 68 valence electrons. The van der Waals surface area contributed by atoms with Crippen molar-refractivity contribution in [1.82, 2.24) is 0 Å². The molecule has 0 amide bonds. The summed E-state index contributed by atoms with van der Waals surface area (Å²) >= 11 is 0. The molecule has 0 aliphatic heterocycles. The van der Waals surface area contributed by atoms with Crippen molar-refractivity contribution in [2.24, 2.45) is 5.92 Å². The summed E-state index contributed by atoms with van der Waals surface area (Å²) in [6.45, 7) is 9.54. The minimum absolute atomic E-state index is 0.386. The first-order valence-electron chi connectivity index (χ1n) is 4.03. The molecule has 0 aromatic rings. The zero-order chi connectivity index (χ0) is 9.72. The third-order valence-electron chi connectivity index (χ3n) is 1.82. The highest BCUT2D eigenvalue weighted by Crippen LogP contribution is 2.12. The first-order valence-corrected chi connectivity index (χ1v) is 4.03. The van der Waals surface area contributed by atoms with Crippen molar-refractivity contribution in [1.29, 1.82) is 0 Å². The standard InChI is InChI=1S/C10H16O2/c1-7(2)8(3)5-6-9(4)10(11)12/h6-7H,3,5H2,1-2,4H3,(H,11,12)/b9-6-. The van der Waals surface area contributed by atoms with E-state index in [0.717, 1.165) is 5.57 Å². The second kappa shape index (κ2) is 4.75. The molecule has 0 spiro atoms. The third kappa shape index (κ3) is 3.96. The molecule has 0 saturated heterocycles. The Morgan fingerprint density at radius 3 is 2.42 bits per heavy atom. The van der Waals surface area contributed by atoms with Crippen molar-refractivity contribution in [2.75, 3.05) is 0 Å². The summed E-state index contributed by atoms with van der Waals surface area (Å²) in [6.07, 6.45) is 2.36.